The number of fused-ring (bicyclic) bond motifs is 1. The van der Waals surface area contributed by atoms with Crippen LogP contribution < -0.4 is 0 Å². The zero-order valence-corrected chi connectivity index (χ0v) is 14.6. The number of hydrogen-bond donors (Lipinski definition) is 0. The Labute approximate surface area is 137 Å². The van der Waals surface area contributed by atoms with Crippen molar-refractivity contribution in [2.24, 2.45) is 5.41 Å². The number of carbonyl (C=O) groups is 3. The summed E-state index contributed by atoms with van der Waals surface area (Å²) in [5.74, 6) is -0.669. The van der Waals surface area contributed by atoms with Crippen LogP contribution in [0, 0.1) is 5.41 Å². The fourth-order valence-corrected chi connectivity index (χ4v) is 4.90. The number of rotatable bonds is 4. The second-order valence-electron chi connectivity index (χ2n) is 5.87. The summed E-state index contributed by atoms with van der Waals surface area (Å²) in [6.07, 6.45) is 1.08. The van der Waals surface area contributed by atoms with Crippen molar-refractivity contribution in [3.05, 3.63) is 16.0 Å². The molecule has 0 aliphatic heterocycles. The molecule has 0 saturated heterocycles. The fourth-order valence-electron chi connectivity index (χ4n) is 2.50. The van der Waals surface area contributed by atoms with E-state index in [1.807, 2.05) is 13.8 Å². The zero-order valence-electron chi connectivity index (χ0n) is 13.0. The molecule has 120 valence electrons. The summed E-state index contributed by atoms with van der Waals surface area (Å²) < 4.78 is 10.1. The highest BCUT2D eigenvalue weighted by Crippen LogP contribution is 2.45. The van der Waals surface area contributed by atoms with Gasteiger partial charge >= 0.3 is 11.9 Å². The van der Waals surface area contributed by atoms with E-state index in [-0.39, 0.29) is 22.9 Å². The largest absolute Gasteiger partial charge is 0.468 e. The van der Waals surface area contributed by atoms with Gasteiger partial charge in [0.15, 0.2) is 5.78 Å². The van der Waals surface area contributed by atoms with Gasteiger partial charge in [-0.1, -0.05) is 13.8 Å². The Morgan fingerprint density at radius 3 is 2.50 bits per heavy atom. The molecule has 0 radical (unpaired) electrons. The molecule has 22 heavy (non-hydrogen) atoms. The van der Waals surface area contributed by atoms with Crippen LogP contribution in [0.1, 0.15) is 45.9 Å². The quantitative estimate of drug-likeness (QED) is 0.619. The molecule has 1 aliphatic rings. The van der Waals surface area contributed by atoms with Crippen LogP contribution >= 0.6 is 23.1 Å². The third-order valence-corrected chi connectivity index (χ3v) is 5.92. The Hall–Kier alpha value is -1.34. The molecule has 0 spiro atoms. The number of ketones is 1. The van der Waals surface area contributed by atoms with Crippen molar-refractivity contribution in [1.29, 1.82) is 0 Å². The summed E-state index contributed by atoms with van der Waals surface area (Å²) in [7, 11) is 2.64. The molecule has 0 N–H and O–H groups in total. The summed E-state index contributed by atoms with van der Waals surface area (Å²) in [5, 5.41) is 0. The molecule has 0 atom stereocenters. The van der Waals surface area contributed by atoms with Crippen molar-refractivity contribution in [2.75, 3.05) is 20.0 Å². The summed E-state index contributed by atoms with van der Waals surface area (Å²) >= 11 is 2.46. The maximum Gasteiger partial charge on any atom is 0.348 e. The molecule has 5 nitrogen and oxygen atoms in total. The number of ether oxygens (including phenoxy) is 2. The molecule has 2 rings (SSSR count). The summed E-state index contributed by atoms with van der Waals surface area (Å²) in [6, 6.07) is 0. The molecule has 0 aromatic carbocycles. The Bertz CT molecular complexity index is 630. The monoisotopic (exact) mass is 342 g/mol. The molecule has 0 fully saturated rings. The second-order valence-corrected chi connectivity index (χ2v) is 8.13. The molecule has 1 aromatic rings. The van der Waals surface area contributed by atoms with E-state index >= 15 is 0 Å². The van der Waals surface area contributed by atoms with Gasteiger partial charge in [0, 0.05) is 12.0 Å². The van der Waals surface area contributed by atoms with Crippen molar-refractivity contribution in [3.63, 3.8) is 0 Å². The highest BCUT2D eigenvalue weighted by atomic mass is 32.2. The van der Waals surface area contributed by atoms with Crippen LogP contribution in [0.3, 0.4) is 0 Å². The van der Waals surface area contributed by atoms with Gasteiger partial charge in [0.25, 0.3) is 0 Å². The summed E-state index contributed by atoms with van der Waals surface area (Å²) in [4.78, 5) is 36.3. The summed E-state index contributed by atoms with van der Waals surface area (Å²) in [6.45, 7) is 4.02. The lowest BCUT2D eigenvalue weighted by atomic mass is 9.74. The van der Waals surface area contributed by atoms with Crippen molar-refractivity contribution >= 4 is 40.8 Å². The second kappa shape index (κ2) is 6.42. The summed E-state index contributed by atoms with van der Waals surface area (Å²) in [5.41, 5.74) is 1.15. The van der Waals surface area contributed by atoms with Crippen LogP contribution in [0.2, 0.25) is 0 Å². The van der Waals surface area contributed by atoms with E-state index in [1.165, 1.54) is 37.3 Å². The zero-order chi connectivity index (χ0) is 16.5. The van der Waals surface area contributed by atoms with Crippen molar-refractivity contribution < 1.29 is 23.9 Å². The van der Waals surface area contributed by atoms with Crippen LogP contribution in [0.25, 0.3) is 0 Å². The van der Waals surface area contributed by atoms with Crippen LogP contribution in [0.15, 0.2) is 4.21 Å². The lowest BCUT2D eigenvalue weighted by Crippen LogP contribution is -2.27. The smallest absolute Gasteiger partial charge is 0.348 e. The standard InChI is InChI=1S/C15H18O5S2/c1-15(2)5-8-11(9(16)6-15)14(21-7-10(17)19-3)22-12(8)13(18)20-4/h5-7H2,1-4H3. The number of carbonyl (C=O) groups excluding carboxylic acids is 3. The van der Waals surface area contributed by atoms with Crippen molar-refractivity contribution in [2.45, 2.75) is 30.9 Å². The van der Waals surface area contributed by atoms with E-state index in [1.54, 1.807) is 0 Å². The van der Waals surface area contributed by atoms with Crippen LogP contribution in [0.5, 0.6) is 0 Å². The first-order valence-electron chi connectivity index (χ1n) is 6.76. The van der Waals surface area contributed by atoms with Gasteiger partial charge < -0.3 is 9.47 Å². The first-order chi connectivity index (χ1) is 10.3. The van der Waals surface area contributed by atoms with E-state index in [2.05, 4.69) is 4.74 Å². The maximum absolute atomic E-state index is 12.5. The Kier molecular flexibility index (Phi) is 4.97. The molecule has 1 heterocycles. The third kappa shape index (κ3) is 3.35. The van der Waals surface area contributed by atoms with E-state index in [0.29, 0.717) is 27.5 Å². The average Bonchev–Trinajstić information content (AvgIpc) is 2.81. The molecule has 0 unspecified atom stereocenters. The van der Waals surface area contributed by atoms with Crippen molar-refractivity contribution in [3.8, 4) is 0 Å². The molecular weight excluding hydrogens is 324 g/mol. The molecule has 1 aromatic heterocycles. The van der Waals surface area contributed by atoms with Gasteiger partial charge in [-0.3, -0.25) is 9.59 Å². The van der Waals surface area contributed by atoms with Crippen LogP contribution in [0.4, 0.5) is 0 Å². The van der Waals surface area contributed by atoms with E-state index in [9.17, 15) is 14.4 Å². The predicted octanol–water partition coefficient (Wildman–Crippen LogP) is 2.95. The number of esters is 2. The molecular formula is C15H18O5S2. The minimum absolute atomic E-state index is 0.0185. The maximum atomic E-state index is 12.5. The normalized spacial score (nSPS) is 16.1. The SMILES string of the molecule is COC(=O)CSc1sc(C(=O)OC)c2c1C(=O)CC(C)(C)C2. The molecule has 1 aliphatic carbocycles. The van der Waals surface area contributed by atoms with E-state index < -0.39 is 5.97 Å². The lowest BCUT2D eigenvalue weighted by molar-refractivity contribution is -0.137. The predicted molar refractivity (Wildman–Crippen MR) is 84.8 cm³/mol. The van der Waals surface area contributed by atoms with Gasteiger partial charge in [0.05, 0.1) is 24.2 Å². The van der Waals surface area contributed by atoms with Gasteiger partial charge in [-0.25, -0.2) is 4.79 Å². The van der Waals surface area contributed by atoms with Gasteiger partial charge in [-0.05, 0) is 17.4 Å². The van der Waals surface area contributed by atoms with Gasteiger partial charge in [-0.2, -0.15) is 0 Å². The third-order valence-electron chi connectivity index (χ3n) is 3.47. The van der Waals surface area contributed by atoms with Gasteiger partial charge in [0.1, 0.15) is 4.88 Å². The first-order valence-corrected chi connectivity index (χ1v) is 8.56. The molecule has 7 heteroatoms. The molecule has 0 amide bonds. The van der Waals surface area contributed by atoms with Gasteiger partial charge in [-0.15, -0.1) is 23.1 Å². The Balaban J connectivity index is 2.44. The lowest BCUT2D eigenvalue weighted by Gasteiger charge is -2.29. The number of hydrogen-bond acceptors (Lipinski definition) is 7. The Morgan fingerprint density at radius 2 is 1.91 bits per heavy atom. The Morgan fingerprint density at radius 1 is 1.23 bits per heavy atom. The number of thioether (sulfide) groups is 1. The van der Waals surface area contributed by atoms with Crippen molar-refractivity contribution in [1.82, 2.24) is 0 Å². The minimum Gasteiger partial charge on any atom is -0.468 e. The fraction of sp³-hybridized carbons (Fsp3) is 0.533. The number of thiophene rings is 1. The van der Waals surface area contributed by atoms with Gasteiger partial charge in [0.2, 0.25) is 0 Å². The molecule has 0 bridgehead atoms. The highest BCUT2D eigenvalue weighted by molar-refractivity contribution is 8.01. The average molecular weight is 342 g/mol. The van der Waals surface area contributed by atoms with Crippen LogP contribution in [-0.4, -0.2) is 37.7 Å². The minimum atomic E-state index is -0.434. The molecule has 0 saturated carbocycles. The number of methoxy groups -OCH3 is 2. The topological polar surface area (TPSA) is 69.7 Å². The number of Topliss-reactive ketones (excluding diaryl/α,β-unsaturated/α-hetero) is 1. The van der Waals surface area contributed by atoms with E-state index in [4.69, 9.17) is 4.74 Å². The van der Waals surface area contributed by atoms with Crippen LogP contribution in [-0.2, 0) is 20.7 Å². The highest BCUT2D eigenvalue weighted by Gasteiger charge is 2.37. The van der Waals surface area contributed by atoms with E-state index in [0.717, 1.165) is 5.56 Å². The first kappa shape index (κ1) is 17.0.